The Morgan fingerprint density at radius 3 is 2.38 bits per heavy atom. The second kappa shape index (κ2) is 4.98. The van der Waals surface area contributed by atoms with Crippen LogP contribution in [0.15, 0.2) is 59.6 Å². The minimum atomic E-state index is -3.79. The highest BCUT2D eigenvalue weighted by Crippen LogP contribution is 2.25. The van der Waals surface area contributed by atoms with Crippen LogP contribution in [0.25, 0.3) is 10.9 Å². The molecule has 0 radical (unpaired) electrons. The monoisotopic (exact) mass is 304 g/mol. The lowest BCUT2D eigenvalue weighted by atomic mass is 10.2. The second-order valence-electron chi connectivity index (χ2n) is 4.81. The number of para-hydroxylation sites is 1. The van der Waals surface area contributed by atoms with Crippen LogP contribution in [0.3, 0.4) is 0 Å². The van der Waals surface area contributed by atoms with Gasteiger partial charge in [-0.3, -0.25) is 0 Å². The van der Waals surface area contributed by atoms with Crippen LogP contribution in [0.4, 0.5) is 4.39 Å². The molecule has 0 aliphatic rings. The summed E-state index contributed by atoms with van der Waals surface area (Å²) in [5.74, 6) is -0.304. The van der Waals surface area contributed by atoms with Crippen molar-refractivity contribution >= 4 is 20.9 Å². The molecule has 1 heterocycles. The van der Waals surface area contributed by atoms with Crippen molar-refractivity contribution < 1.29 is 12.8 Å². The summed E-state index contributed by atoms with van der Waals surface area (Å²) in [4.78, 5) is 0.0974. The van der Waals surface area contributed by atoms with Crippen LogP contribution in [0.5, 0.6) is 0 Å². The number of halogens is 1. The Labute approximate surface area is 121 Å². The van der Waals surface area contributed by atoms with Gasteiger partial charge in [-0.25, -0.2) is 17.9 Å². The quantitative estimate of drug-likeness (QED) is 0.808. The largest absolute Gasteiger partial charge is 0.342 e. The second-order valence-corrected chi connectivity index (χ2v) is 6.34. The minimum Gasteiger partial charge on any atom is -0.342 e. The fourth-order valence-corrected chi connectivity index (χ4v) is 3.11. The Balaban J connectivity index is 2.13. The van der Waals surface area contributed by atoms with Crippen molar-refractivity contribution in [1.29, 1.82) is 0 Å². The molecule has 0 fully saturated rings. The SMILES string of the molecule is NS(=O)(=O)c1cn(Cc2ccc(F)cc2)c2ccccc12. The van der Waals surface area contributed by atoms with Gasteiger partial charge in [-0.2, -0.15) is 0 Å². The third kappa shape index (κ3) is 2.68. The van der Waals surface area contributed by atoms with E-state index in [1.165, 1.54) is 18.3 Å². The molecular weight excluding hydrogens is 291 g/mol. The lowest BCUT2D eigenvalue weighted by Crippen LogP contribution is -2.11. The summed E-state index contributed by atoms with van der Waals surface area (Å²) < 4.78 is 38.1. The molecule has 0 bridgehead atoms. The van der Waals surface area contributed by atoms with Crippen LogP contribution >= 0.6 is 0 Å². The smallest absolute Gasteiger partial charge is 0.240 e. The predicted octanol–water partition coefficient (Wildman–Crippen LogP) is 2.48. The third-order valence-corrected chi connectivity index (χ3v) is 4.26. The van der Waals surface area contributed by atoms with Crippen molar-refractivity contribution in [3.63, 3.8) is 0 Å². The number of aromatic nitrogens is 1. The number of nitrogens with zero attached hydrogens (tertiary/aromatic N) is 1. The van der Waals surface area contributed by atoms with E-state index >= 15 is 0 Å². The van der Waals surface area contributed by atoms with Crippen molar-refractivity contribution in [2.45, 2.75) is 11.4 Å². The van der Waals surface area contributed by atoms with Gasteiger partial charge >= 0.3 is 0 Å². The van der Waals surface area contributed by atoms with E-state index in [9.17, 15) is 12.8 Å². The van der Waals surface area contributed by atoms with Crippen LogP contribution in [0, 0.1) is 5.82 Å². The Kier molecular flexibility index (Phi) is 3.27. The van der Waals surface area contributed by atoms with Gasteiger partial charge < -0.3 is 4.57 Å². The van der Waals surface area contributed by atoms with Crippen molar-refractivity contribution in [3.05, 3.63) is 66.1 Å². The fourth-order valence-electron chi connectivity index (χ4n) is 2.36. The Hall–Kier alpha value is -2.18. The molecule has 1 aromatic heterocycles. The number of hydrogen-bond donors (Lipinski definition) is 1. The van der Waals surface area contributed by atoms with Gasteiger partial charge in [-0.05, 0) is 23.8 Å². The van der Waals surface area contributed by atoms with E-state index in [1.54, 1.807) is 28.8 Å². The first-order chi connectivity index (χ1) is 9.95. The number of fused-ring (bicyclic) bond motifs is 1. The zero-order chi connectivity index (χ0) is 15.0. The summed E-state index contributed by atoms with van der Waals surface area (Å²) in [6.07, 6.45) is 1.52. The Morgan fingerprint density at radius 1 is 1.05 bits per heavy atom. The van der Waals surface area contributed by atoms with Crippen LogP contribution < -0.4 is 5.14 Å². The van der Waals surface area contributed by atoms with E-state index in [4.69, 9.17) is 5.14 Å². The molecular formula is C15H13FN2O2S. The van der Waals surface area contributed by atoms with Crippen LogP contribution in [0.1, 0.15) is 5.56 Å². The molecule has 3 rings (SSSR count). The Bertz CT molecular complexity index is 899. The minimum absolute atomic E-state index is 0.0974. The van der Waals surface area contributed by atoms with E-state index in [-0.39, 0.29) is 10.7 Å². The first-order valence-electron chi connectivity index (χ1n) is 6.30. The van der Waals surface area contributed by atoms with E-state index in [0.29, 0.717) is 11.9 Å². The van der Waals surface area contributed by atoms with Gasteiger partial charge in [0.1, 0.15) is 10.7 Å². The summed E-state index contributed by atoms with van der Waals surface area (Å²) in [7, 11) is -3.79. The molecule has 0 atom stereocenters. The molecule has 108 valence electrons. The lowest BCUT2D eigenvalue weighted by molar-refractivity contribution is 0.598. The normalized spacial score (nSPS) is 11.9. The highest BCUT2D eigenvalue weighted by molar-refractivity contribution is 7.89. The summed E-state index contributed by atoms with van der Waals surface area (Å²) in [5, 5.41) is 5.84. The fraction of sp³-hybridized carbons (Fsp3) is 0.0667. The van der Waals surface area contributed by atoms with Gasteiger partial charge in [0.25, 0.3) is 0 Å². The van der Waals surface area contributed by atoms with Gasteiger partial charge in [-0.15, -0.1) is 0 Å². The zero-order valence-electron chi connectivity index (χ0n) is 11.0. The molecule has 0 unspecified atom stereocenters. The lowest BCUT2D eigenvalue weighted by Gasteiger charge is -2.05. The average Bonchev–Trinajstić information content (AvgIpc) is 2.81. The van der Waals surface area contributed by atoms with Gasteiger partial charge in [0.2, 0.25) is 10.0 Å². The van der Waals surface area contributed by atoms with E-state index in [2.05, 4.69) is 0 Å². The standard InChI is InChI=1S/C15H13FN2O2S/c16-12-7-5-11(6-8-12)9-18-10-15(21(17,19)20)13-3-1-2-4-14(13)18/h1-8,10H,9H2,(H2,17,19,20). The number of nitrogens with two attached hydrogens (primary N) is 1. The number of primary sulfonamides is 1. The van der Waals surface area contributed by atoms with E-state index < -0.39 is 10.0 Å². The molecule has 6 heteroatoms. The first-order valence-corrected chi connectivity index (χ1v) is 7.85. The average molecular weight is 304 g/mol. The van der Waals surface area contributed by atoms with Gasteiger partial charge in [0.15, 0.2) is 0 Å². The molecule has 3 aromatic rings. The molecule has 4 nitrogen and oxygen atoms in total. The summed E-state index contributed by atoms with van der Waals surface area (Å²) in [5.41, 5.74) is 1.64. The Morgan fingerprint density at radius 2 is 1.71 bits per heavy atom. The first kappa shape index (κ1) is 13.8. The van der Waals surface area contributed by atoms with Crippen LogP contribution in [-0.2, 0) is 16.6 Å². The molecule has 0 aliphatic carbocycles. The van der Waals surface area contributed by atoms with Crippen molar-refractivity contribution in [2.24, 2.45) is 5.14 Å². The maximum Gasteiger partial charge on any atom is 0.240 e. The molecule has 21 heavy (non-hydrogen) atoms. The number of benzene rings is 2. The summed E-state index contributed by atoms with van der Waals surface area (Å²) in [6.45, 7) is 0.441. The molecule has 0 saturated carbocycles. The molecule has 2 aromatic carbocycles. The number of rotatable bonds is 3. The molecule has 0 spiro atoms. The predicted molar refractivity (Wildman–Crippen MR) is 78.8 cm³/mol. The van der Waals surface area contributed by atoms with Gasteiger partial charge in [-0.1, -0.05) is 30.3 Å². The maximum atomic E-state index is 12.9. The topological polar surface area (TPSA) is 65.1 Å². The van der Waals surface area contributed by atoms with Crippen molar-refractivity contribution in [2.75, 3.05) is 0 Å². The third-order valence-electron chi connectivity index (χ3n) is 3.32. The number of sulfonamides is 1. The maximum absolute atomic E-state index is 12.9. The van der Waals surface area contributed by atoms with E-state index in [0.717, 1.165) is 11.1 Å². The summed E-state index contributed by atoms with van der Waals surface area (Å²) >= 11 is 0. The molecule has 0 saturated heterocycles. The van der Waals surface area contributed by atoms with Gasteiger partial charge in [0.05, 0.1) is 0 Å². The van der Waals surface area contributed by atoms with E-state index in [1.807, 2.05) is 12.1 Å². The molecule has 0 aliphatic heterocycles. The highest BCUT2D eigenvalue weighted by Gasteiger charge is 2.16. The zero-order valence-corrected chi connectivity index (χ0v) is 11.8. The number of hydrogen-bond acceptors (Lipinski definition) is 2. The summed E-state index contributed by atoms with van der Waals surface area (Å²) in [6, 6.07) is 13.2. The molecule has 0 amide bonds. The molecule has 2 N–H and O–H groups in total. The van der Waals surface area contributed by atoms with Crippen molar-refractivity contribution in [1.82, 2.24) is 4.57 Å². The van der Waals surface area contributed by atoms with Gasteiger partial charge in [0, 0.05) is 23.6 Å². The highest BCUT2D eigenvalue weighted by atomic mass is 32.2. The van der Waals surface area contributed by atoms with Crippen molar-refractivity contribution in [3.8, 4) is 0 Å². The van der Waals surface area contributed by atoms with Crippen LogP contribution in [0.2, 0.25) is 0 Å². The van der Waals surface area contributed by atoms with Crippen LogP contribution in [-0.4, -0.2) is 13.0 Å².